The highest BCUT2D eigenvalue weighted by molar-refractivity contribution is 5.94. The van der Waals surface area contributed by atoms with Crippen molar-refractivity contribution in [1.82, 2.24) is 5.32 Å². The van der Waals surface area contributed by atoms with Crippen molar-refractivity contribution < 1.29 is 41.0 Å². The predicted molar refractivity (Wildman–Crippen MR) is 98.6 cm³/mol. The lowest BCUT2D eigenvalue weighted by atomic mass is 9.79. The smallest absolute Gasteiger partial charge is 0.416 e. The van der Waals surface area contributed by atoms with E-state index < -0.39 is 40.6 Å². The second-order valence-electron chi connectivity index (χ2n) is 7.39. The maximum absolute atomic E-state index is 13.0. The fraction of sp³-hybridized carbons (Fsp3) is 0.381. The molecule has 1 atom stereocenters. The SMILES string of the molecule is COc1ccc2c(c1)CCCC2(O)CNC(=O)c1cc(C(F)(F)F)cc(C(F)(F)F)c1. The lowest BCUT2D eigenvalue weighted by Gasteiger charge is -2.35. The molecular formula is C21H19F6NO3. The van der Waals surface area contributed by atoms with Crippen molar-refractivity contribution in [3.05, 3.63) is 64.2 Å². The number of ether oxygens (including phenoxy) is 1. The Morgan fingerprint density at radius 1 is 1.06 bits per heavy atom. The first-order valence-corrected chi connectivity index (χ1v) is 9.31. The Hall–Kier alpha value is -2.75. The molecule has 168 valence electrons. The van der Waals surface area contributed by atoms with Crippen LogP contribution in [0.1, 0.15) is 45.5 Å². The number of benzene rings is 2. The van der Waals surface area contributed by atoms with Gasteiger partial charge in [-0.05, 0) is 60.7 Å². The monoisotopic (exact) mass is 447 g/mol. The van der Waals surface area contributed by atoms with Gasteiger partial charge in [-0.3, -0.25) is 4.79 Å². The third kappa shape index (κ3) is 4.95. The lowest BCUT2D eigenvalue weighted by molar-refractivity contribution is -0.143. The van der Waals surface area contributed by atoms with Gasteiger partial charge in [0.25, 0.3) is 5.91 Å². The van der Waals surface area contributed by atoms with E-state index in [1.54, 1.807) is 18.2 Å². The van der Waals surface area contributed by atoms with Crippen LogP contribution in [0.15, 0.2) is 36.4 Å². The fourth-order valence-corrected chi connectivity index (χ4v) is 3.66. The lowest BCUT2D eigenvalue weighted by Crippen LogP contribution is -2.43. The summed E-state index contributed by atoms with van der Waals surface area (Å²) < 4.78 is 83.2. The van der Waals surface area contributed by atoms with Crippen LogP contribution < -0.4 is 10.1 Å². The first kappa shape index (κ1) is 22.9. The van der Waals surface area contributed by atoms with Crippen LogP contribution in [-0.4, -0.2) is 24.7 Å². The van der Waals surface area contributed by atoms with Crippen molar-refractivity contribution in [3.8, 4) is 5.75 Å². The van der Waals surface area contributed by atoms with Crippen LogP contribution in [0.4, 0.5) is 26.3 Å². The second-order valence-corrected chi connectivity index (χ2v) is 7.39. The van der Waals surface area contributed by atoms with E-state index >= 15 is 0 Å². The number of hydrogen-bond acceptors (Lipinski definition) is 3. The van der Waals surface area contributed by atoms with E-state index in [0.29, 0.717) is 36.3 Å². The summed E-state index contributed by atoms with van der Waals surface area (Å²) in [5, 5.41) is 13.3. The summed E-state index contributed by atoms with van der Waals surface area (Å²) in [5.41, 5.74) is -4.15. The van der Waals surface area contributed by atoms with Crippen molar-refractivity contribution in [2.24, 2.45) is 0 Å². The first-order chi connectivity index (χ1) is 14.3. The van der Waals surface area contributed by atoms with Gasteiger partial charge in [-0.15, -0.1) is 0 Å². The molecule has 0 radical (unpaired) electrons. The Morgan fingerprint density at radius 3 is 2.23 bits per heavy atom. The highest BCUT2D eigenvalue weighted by Gasteiger charge is 2.38. The number of aryl methyl sites for hydroxylation is 1. The maximum Gasteiger partial charge on any atom is 0.416 e. The minimum absolute atomic E-state index is 0.0465. The number of carbonyl (C=O) groups excluding carboxylic acids is 1. The third-order valence-corrected chi connectivity index (χ3v) is 5.24. The minimum Gasteiger partial charge on any atom is -0.497 e. The highest BCUT2D eigenvalue weighted by atomic mass is 19.4. The summed E-state index contributed by atoms with van der Waals surface area (Å²) in [7, 11) is 1.49. The number of alkyl halides is 6. The zero-order valence-electron chi connectivity index (χ0n) is 16.3. The number of amides is 1. The van der Waals surface area contributed by atoms with Gasteiger partial charge in [-0.25, -0.2) is 0 Å². The molecule has 0 spiro atoms. The van der Waals surface area contributed by atoms with Crippen LogP contribution in [0.5, 0.6) is 5.75 Å². The van der Waals surface area contributed by atoms with Gasteiger partial charge in [0.05, 0.1) is 24.8 Å². The molecule has 1 amide bonds. The number of aliphatic hydroxyl groups is 1. The molecule has 0 fully saturated rings. The van der Waals surface area contributed by atoms with E-state index in [1.807, 2.05) is 0 Å². The molecule has 10 heteroatoms. The summed E-state index contributed by atoms with van der Waals surface area (Å²) in [6.45, 7) is -0.372. The van der Waals surface area contributed by atoms with Gasteiger partial charge in [-0.1, -0.05) is 6.07 Å². The number of hydrogen-bond donors (Lipinski definition) is 2. The molecule has 1 aliphatic rings. The average molecular weight is 447 g/mol. The van der Waals surface area contributed by atoms with Crippen LogP contribution in [0.2, 0.25) is 0 Å². The summed E-state index contributed by atoms with van der Waals surface area (Å²) in [4.78, 5) is 12.4. The number of methoxy groups -OCH3 is 1. The number of carbonyl (C=O) groups is 1. The predicted octanol–water partition coefficient (Wildman–Crippen LogP) is 4.69. The third-order valence-electron chi connectivity index (χ3n) is 5.24. The molecule has 1 unspecified atom stereocenters. The van der Waals surface area contributed by atoms with E-state index in [-0.39, 0.29) is 19.0 Å². The van der Waals surface area contributed by atoms with Crippen molar-refractivity contribution >= 4 is 5.91 Å². The molecule has 31 heavy (non-hydrogen) atoms. The topological polar surface area (TPSA) is 58.6 Å². The normalized spacial score (nSPS) is 19.0. The Labute approximate surface area is 173 Å². The summed E-state index contributed by atoms with van der Waals surface area (Å²) in [5.74, 6) is -0.568. The minimum atomic E-state index is -5.06. The van der Waals surface area contributed by atoms with Crippen molar-refractivity contribution in [1.29, 1.82) is 0 Å². The summed E-state index contributed by atoms with van der Waals surface area (Å²) >= 11 is 0. The van der Waals surface area contributed by atoms with Gasteiger partial charge in [0.1, 0.15) is 11.4 Å². The largest absolute Gasteiger partial charge is 0.497 e. The zero-order chi connectivity index (χ0) is 23.0. The number of rotatable bonds is 4. The molecule has 0 aliphatic heterocycles. The van der Waals surface area contributed by atoms with E-state index in [1.165, 1.54) is 7.11 Å². The molecule has 0 aromatic heterocycles. The van der Waals surface area contributed by atoms with Crippen molar-refractivity contribution in [2.45, 2.75) is 37.2 Å². The summed E-state index contributed by atoms with van der Waals surface area (Å²) in [6, 6.07) is 5.66. The Kier molecular flexibility index (Phi) is 5.96. The van der Waals surface area contributed by atoms with Gasteiger partial charge >= 0.3 is 12.4 Å². The molecule has 2 N–H and O–H groups in total. The molecule has 4 nitrogen and oxygen atoms in total. The van der Waals surface area contributed by atoms with Crippen molar-refractivity contribution in [3.63, 3.8) is 0 Å². The van der Waals surface area contributed by atoms with Crippen LogP contribution in [0.3, 0.4) is 0 Å². The first-order valence-electron chi connectivity index (χ1n) is 9.31. The summed E-state index contributed by atoms with van der Waals surface area (Å²) in [6.07, 6.45) is -8.62. The molecule has 1 aliphatic carbocycles. The molecule has 3 rings (SSSR count). The van der Waals surface area contributed by atoms with E-state index in [4.69, 9.17) is 4.74 Å². The number of nitrogens with one attached hydrogen (secondary N) is 1. The molecule has 0 heterocycles. The van der Waals surface area contributed by atoms with E-state index in [9.17, 15) is 36.2 Å². The maximum atomic E-state index is 13.0. The second kappa shape index (κ2) is 8.07. The Balaban J connectivity index is 1.86. The van der Waals surface area contributed by atoms with Gasteiger partial charge in [0.15, 0.2) is 0 Å². The van der Waals surface area contributed by atoms with E-state index in [2.05, 4.69) is 5.32 Å². The molecule has 0 saturated heterocycles. The standard InChI is InChI=1S/C21H19F6NO3/c1-31-16-4-5-17-12(9-16)3-2-6-19(17,30)11-28-18(29)13-7-14(20(22,23)24)10-15(8-13)21(25,26)27/h4-5,7-10,30H,2-3,6,11H2,1H3,(H,28,29). The highest BCUT2D eigenvalue weighted by Crippen LogP contribution is 2.38. The molecule has 0 saturated carbocycles. The molecular weight excluding hydrogens is 428 g/mol. The quantitative estimate of drug-likeness (QED) is 0.669. The molecule has 0 bridgehead atoms. The van der Waals surface area contributed by atoms with Gasteiger partial charge < -0.3 is 15.2 Å². The Morgan fingerprint density at radius 2 is 1.68 bits per heavy atom. The average Bonchev–Trinajstić information content (AvgIpc) is 2.70. The van der Waals surface area contributed by atoms with Crippen LogP contribution >= 0.6 is 0 Å². The number of halogens is 6. The van der Waals surface area contributed by atoms with Crippen molar-refractivity contribution in [2.75, 3.05) is 13.7 Å². The van der Waals surface area contributed by atoms with Gasteiger partial charge in [0, 0.05) is 5.56 Å². The van der Waals surface area contributed by atoms with E-state index in [0.717, 1.165) is 5.56 Å². The van der Waals surface area contributed by atoms with Crippen LogP contribution in [0.25, 0.3) is 0 Å². The van der Waals surface area contributed by atoms with Gasteiger partial charge in [-0.2, -0.15) is 26.3 Å². The van der Waals surface area contributed by atoms with Gasteiger partial charge in [0.2, 0.25) is 0 Å². The zero-order valence-corrected chi connectivity index (χ0v) is 16.3. The van der Waals surface area contributed by atoms with Crippen LogP contribution in [0, 0.1) is 0 Å². The Bertz CT molecular complexity index is 954. The molecule has 2 aromatic carbocycles. The molecule has 2 aromatic rings. The fourth-order valence-electron chi connectivity index (χ4n) is 3.66. The van der Waals surface area contributed by atoms with Crippen LogP contribution in [-0.2, 0) is 24.4 Å². The number of fused-ring (bicyclic) bond motifs is 1.